The number of urea groups is 1. The molecule has 1 aliphatic rings. The molecule has 0 aromatic heterocycles. The summed E-state index contributed by atoms with van der Waals surface area (Å²) >= 11 is 0. The lowest BCUT2D eigenvalue weighted by atomic mass is 10.1. The highest BCUT2D eigenvalue weighted by Crippen LogP contribution is 2.21. The molecular weight excluding hydrogens is 324 g/mol. The molecule has 3 rings (SSSR count). The van der Waals surface area contributed by atoms with Crippen molar-refractivity contribution in [3.05, 3.63) is 71.3 Å². The van der Waals surface area contributed by atoms with E-state index in [1.54, 1.807) is 30.3 Å². The minimum Gasteiger partial charge on any atom is -0.545 e. The first-order chi connectivity index (χ1) is 12.0. The molecule has 1 heterocycles. The Hall–Kier alpha value is -3.74. The van der Waals surface area contributed by atoms with Crippen molar-refractivity contribution < 1.29 is 24.3 Å². The lowest BCUT2D eigenvalue weighted by Crippen LogP contribution is -2.54. The summed E-state index contributed by atoms with van der Waals surface area (Å²) in [6.45, 7) is 0. The molecule has 1 N–H and O–H groups in total. The maximum atomic E-state index is 12.6. The lowest BCUT2D eigenvalue weighted by molar-refractivity contribution is -0.255. The summed E-state index contributed by atoms with van der Waals surface area (Å²) in [5, 5.41) is 12.9. The van der Waals surface area contributed by atoms with Gasteiger partial charge in [0.2, 0.25) is 0 Å². The third-order valence-electron chi connectivity index (χ3n) is 3.57. The van der Waals surface area contributed by atoms with E-state index in [1.807, 2.05) is 0 Å². The van der Waals surface area contributed by atoms with E-state index in [0.717, 1.165) is 4.90 Å². The van der Waals surface area contributed by atoms with Crippen LogP contribution in [0.1, 0.15) is 15.9 Å². The third-order valence-corrected chi connectivity index (χ3v) is 3.57. The van der Waals surface area contributed by atoms with Crippen molar-refractivity contribution in [2.45, 2.75) is 0 Å². The minimum atomic E-state index is -1.33. The predicted octanol–water partition coefficient (Wildman–Crippen LogP) is 0.717. The zero-order chi connectivity index (χ0) is 18.0. The van der Waals surface area contributed by atoms with Gasteiger partial charge in [0, 0.05) is 0 Å². The molecule has 0 unspecified atom stereocenters. The van der Waals surface area contributed by atoms with E-state index in [1.165, 1.54) is 30.3 Å². The molecule has 0 saturated carbocycles. The number of carbonyl (C=O) groups is 4. The molecule has 0 atom stereocenters. The molecule has 124 valence electrons. The largest absolute Gasteiger partial charge is 0.545 e. The van der Waals surface area contributed by atoms with Crippen LogP contribution < -0.4 is 15.3 Å². The number of barbiturate groups is 1. The molecule has 0 spiro atoms. The molecule has 0 bridgehead atoms. The zero-order valence-electron chi connectivity index (χ0n) is 12.8. The second-order valence-corrected chi connectivity index (χ2v) is 5.20. The van der Waals surface area contributed by atoms with E-state index >= 15 is 0 Å². The van der Waals surface area contributed by atoms with Gasteiger partial charge in [0.05, 0.1) is 11.7 Å². The van der Waals surface area contributed by atoms with Crippen molar-refractivity contribution in [1.82, 2.24) is 5.32 Å². The fourth-order valence-corrected chi connectivity index (χ4v) is 2.35. The van der Waals surface area contributed by atoms with Crippen LogP contribution in [0, 0.1) is 0 Å². The van der Waals surface area contributed by atoms with Gasteiger partial charge in [0.15, 0.2) is 0 Å². The van der Waals surface area contributed by atoms with Gasteiger partial charge in [-0.25, -0.2) is 9.69 Å². The number of nitrogens with zero attached hydrogens (tertiary/aromatic N) is 1. The molecule has 1 aliphatic heterocycles. The lowest BCUT2D eigenvalue weighted by Gasteiger charge is -2.26. The number of carboxylic acid groups (broad SMARTS) is 1. The third kappa shape index (κ3) is 3.16. The van der Waals surface area contributed by atoms with Crippen LogP contribution >= 0.6 is 0 Å². The number of amides is 4. The molecule has 2 aromatic carbocycles. The maximum absolute atomic E-state index is 12.6. The Labute approximate surface area is 142 Å². The van der Waals surface area contributed by atoms with Crippen LogP contribution in [0.4, 0.5) is 10.5 Å². The Bertz CT molecular complexity index is 901. The molecule has 25 heavy (non-hydrogen) atoms. The Kier molecular flexibility index (Phi) is 4.13. The van der Waals surface area contributed by atoms with Crippen LogP contribution in [0.3, 0.4) is 0 Å². The Balaban J connectivity index is 1.97. The van der Waals surface area contributed by atoms with Gasteiger partial charge in [-0.2, -0.15) is 0 Å². The van der Waals surface area contributed by atoms with Crippen LogP contribution in [-0.2, 0) is 9.59 Å². The van der Waals surface area contributed by atoms with Gasteiger partial charge in [0.25, 0.3) is 11.8 Å². The number of aromatic carboxylic acids is 1. The van der Waals surface area contributed by atoms with Crippen molar-refractivity contribution in [2.75, 3.05) is 4.90 Å². The fraction of sp³-hybridized carbons (Fsp3) is 0. The number of nitrogens with one attached hydrogen (secondary N) is 1. The first kappa shape index (κ1) is 16.1. The normalized spacial score (nSPS) is 16.1. The van der Waals surface area contributed by atoms with Crippen molar-refractivity contribution >= 4 is 35.6 Å². The SMILES string of the molecule is O=C1NC(=O)N(c2ccccc2)C(=O)/C1=C\c1ccc(C(=O)[O-])cc1. The van der Waals surface area contributed by atoms with Crippen LogP contribution in [0.25, 0.3) is 6.08 Å². The predicted molar refractivity (Wildman–Crippen MR) is 86.2 cm³/mol. The van der Waals surface area contributed by atoms with Gasteiger partial charge in [-0.1, -0.05) is 42.5 Å². The first-order valence-corrected chi connectivity index (χ1v) is 7.25. The average molecular weight is 335 g/mol. The molecular formula is C18H11N2O5-. The van der Waals surface area contributed by atoms with E-state index in [-0.39, 0.29) is 11.1 Å². The first-order valence-electron chi connectivity index (χ1n) is 7.25. The topological polar surface area (TPSA) is 107 Å². The van der Waals surface area contributed by atoms with Gasteiger partial charge in [0.1, 0.15) is 5.57 Å². The number of carbonyl (C=O) groups excluding carboxylic acids is 4. The van der Waals surface area contributed by atoms with Crippen molar-refractivity contribution in [2.24, 2.45) is 0 Å². The highest BCUT2D eigenvalue weighted by molar-refractivity contribution is 6.39. The summed E-state index contributed by atoms with van der Waals surface area (Å²) in [5.74, 6) is -2.90. The van der Waals surface area contributed by atoms with E-state index in [2.05, 4.69) is 5.32 Å². The summed E-state index contributed by atoms with van der Waals surface area (Å²) in [7, 11) is 0. The van der Waals surface area contributed by atoms with Gasteiger partial charge < -0.3 is 9.90 Å². The second-order valence-electron chi connectivity index (χ2n) is 5.20. The number of para-hydroxylation sites is 1. The second kappa shape index (κ2) is 6.40. The molecule has 2 aromatic rings. The number of rotatable bonds is 3. The van der Waals surface area contributed by atoms with E-state index in [4.69, 9.17) is 0 Å². The molecule has 1 saturated heterocycles. The molecule has 1 fully saturated rings. The summed E-state index contributed by atoms with van der Waals surface area (Å²) < 4.78 is 0. The van der Waals surface area contributed by atoms with Gasteiger partial charge in [-0.3, -0.25) is 14.9 Å². The van der Waals surface area contributed by atoms with Gasteiger partial charge in [-0.15, -0.1) is 0 Å². The zero-order valence-corrected chi connectivity index (χ0v) is 12.8. The van der Waals surface area contributed by atoms with Gasteiger partial charge >= 0.3 is 6.03 Å². The number of hydrogen-bond acceptors (Lipinski definition) is 5. The number of carboxylic acids is 1. The summed E-state index contributed by atoms with van der Waals surface area (Å²) in [4.78, 5) is 48.2. The van der Waals surface area contributed by atoms with E-state index in [0.29, 0.717) is 11.3 Å². The van der Waals surface area contributed by atoms with Gasteiger partial charge in [-0.05, 0) is 29.3 Å². The fourth-order valence-electron chi connectivity index (χ4n) is 2.35. The summed E-state index contributed by atoms with van der Waals surface area (Å²) in [6, 6.07) is 12.8. The van der Waals surface area contributed by atoms with E-state index in [9.17, 15) is 24.3 Å². The number of hydrogen-bond donors (Lipinski definition) is 1. The Morgan fingerprint density at radius 3 is 2.20 bits per heavy atom. The number of benzene rings is 2. The minimum absolute atomic E-state index is 0.0253. The molecule has 0 radical (unpaired) electrons. The van der Waals surface area contributed by atoms with Crippen LogP contribution in [0.15, 0.2) is 60.2 Å². The van der Waals surface area contributed by atoms with Crippen LogP contribution in [-0.4, -0.2) is 23.8 Å². The highest BCUT2D eigenvalue weighted by atomic mass is 16.4. The Morgan fingerprint density at radius 1 is 0.960 bits per heavy atom. The van der Waals surface area contributed by atoms with Crippen molar-refractivity contribution in [3.63, 3.8) is 0 Å². The average Bonchev–Trinajstić information content (AvgIpc) is 2.60. The van der Waals surface area contributed by atoms with Crippen LogP contribution in [0.2, 0.25) is 0 Å². The molecule has 7 heteroatoms. The maximum Gasteiger partial charge on any atom is 0.335 e. The van der Waals surface area contributed by atoms with Crippen molar-refractivity contribution in [1.29, 1.82) is 0 Å². The highest BCUT2D eigenvalue weighted by Gasteiger charge is 2.36. The number of anilines is 1. The Morgan fingerprint density at radius 2 is 1.60 bits per heavy atom. The number of imide groups is 2. The molecule has 7 nitrogen and oxygen atoms in total. The summed E-state index contributed by atoms with van der Waals surface area (Å²) in [6.07, 6.45) is 1.29. The molecule has 0 aliphatic carbocycles. The smallest absolute Gasteiger partial charge is 0.335 e. The quantitative estimate of drug-likeness (QED) is 0.657. The summed E-state index contributed by atoms with van der Waals surface area (Å²) in [5.41, 5.74) is 0.508. The van der Waals surface area contributed by atoms with Crippen molar-refractivity contribution in [3.8, 4) is 0 Å². The molecule has 4 amide bonds. The van der Waals surface area contributed by atoms with E-state index < -0.39 is 23.8 Å². The monoisotopic (exact) mass is 335 g/mol. The van der Waals surface area contributed by atoms with Crippen LogP contribution in [0.5, 0.6) is 0 Å². The standard InChI is InChI=1S/C18H12N2O5/c21-15-14(10-11-6-8-12(9-7-11)17(23)24)16(22)20(18(25)19-15)13-4-2-1-3-5-13/h1-10H,(H,23,24)(H,19,21,25)/p-1/b14-10-.